The lowest BCUT2D eigenvalue weighted by Gasteiger charge is -2.33. The number of hydrogen-bond acceptors (Lipinski definition) is 4. The summed E-state index contributed by atoms with van der Waals surface area (Å²) in [7, 11) is 0. The quantitative estimate of drug-likeness (QED) is 0.924. The molecule has 2 aliphatic rings. The molecule has 1 aliphatic carbocycles. The van der Waals surface area contributed by atoms with Crippen molar-refractivity contribution in [1.29, 1.82) is 0 Å². The van der Waals surface area contributed by atoms with Crippen LogP contribution in [0, 0.1) is 0 Å². The third-order valence-electron chi connectivity index (χ3n) is 3.95. The average Bonchev–Trinajstić information content (AvgIpc) is 3.07. The molecule has 1 saturated heterocycles. The van der Waals surface area contributed by atoms with Gasteiger partial charge in [-0.3, -0.25) is 10.1 Å². The van der Waals surface area contributed by atoms with Gasteiger partial charge in [0, 0.05) is 11.3 Å². The molecule has 3 rings (SSSR count). The molecule has 3 nitrogen and oxygen atoms in total. The maximum absolute atomic E-state index is 12.2. The first-order valence-corrected chi connectivity index (χ1v) is 8.64. The SMILES string of the molecule is CSC1CCCC1N1C(=O)CNC1c1ccsc1. The summed E-state index contributed by atoms with van der Waals surface area (Å²) >= 11 is 3.61. The van der Waals surface area contributed by atoms with Crippen molar-refractivity contribution in [3.05, 3.63) is 22.4 Å². The molecular formula is C13H18N2OS2. The molecule has 98 valence electrons. The number of rotatable bonds is 3. The molecule has 5 heteroatoms. The molecule has 3 unspecified atom stereocenters. The van der Waals surface area contributed by atoms with Crippen molar-refractivity contribution in [2.45, 2.75) is 36.7 Å². The first-order valence-electron chi connectivity index (χ1n) is 6.40. The molecule has 0 bridgehead atoms. The molecular weight excluding hydrogens is 264 g/mol. The van der Waals surface area contributed by atoms with E-state index in [4.69, 9.17) is 0 Å². The summed E-state index contributed by atoms with van der Waals surface area (Å²) in [5, 5.41) is 8.19. The number of carbonyl (C=O) groups excluding carboxylic acids is 1. The summed E-state index contributed by atoms with van der Waals surface area (Å²) in [6.45, 7) is 0.484. The maximum atomic E-state index is 12.2. The summed E-state index contributed by atoms with van der Waals surface area (Å²) in [6, 6.07) is 2.53. The number of carbonyl (C=O) groups is 1. The van der Waals surface area contributed by atoms with Crippen LogP contribution in [0.1, 0.15) is 31.0 Å². The Hall–Kier alpha value is -0.520. The lowest BCUT2D eigenvalue weighted by atomic mass is 10.1. The smallest absolute Gasteiger partial charge is 0.238 e. The van der Waals surface area contributed by atoms with Gasteiger partial charge in [0.05, 0.1) is 6.54 Å². The second kappa shape index (κ2) is 5.23. The van der Waals surface area contributed by atoms with Gasteiger partial charge >= 0.3 is 0 Å². The van der Waals surface area contributed by atoms with Crippen molar-refractivity contribution in [3.63, 3.8) is 0 Å². The van der Waals surface area contributed by atoms with E-state index in [0.717, 1.165) is 6.42 Å². The fourth-order valence-corrected chi connectivity index (χ4v) is 4.77. The zero-order valence-electron chi connectivity index (χ0n) is 10.5. The van der Waals surface area contributed by atoms with E-state index in [2.05, 4.69) is 33.3 Å². The second-order valence-corrected chi connectivity index (χ2v) is 6.77. The first-order chi connectivity index (χ1) is 8.81. The highest BCUT2D eigenvalue weighted by molar-refractivity contribution is 7.99. The van der Waals surface area contributed by atoms with Crippen LogP contribution >= 0.6 is 23.1 Å². The predicted octanol–water partition coefficient (Wildman–Crippen LogP) is 2.46. The summed E-state index contributed by atoms with van der Waals surface area (Å²) in [6.07, 6.45) is 5.90. The van der Waals surface area contributed by atoms with E-state index >= 15 is 0 Å². The summed E-state index contributed by atoms with van der Waals surface area (Å²) in [4.78, 5) is 14.3. The normalized spacial score (nSPS) is 32.4. The Morgan fingerprint density at radius 1 is 1.50 bits per heavy atom. The topological polar surface area (TPSA) is 32.3 Å². The van der Waals surface area contributed by atoms with Crippen molar-refractivity contribution >= 4 is 29.0 Å². The Morgan fingerprint density at radius 3 is 3.11 bits per heavy atom. The molecule has 2 heterocycles. The van der Waals surface area contributed by atoms with Crippen LogP contribution in [0.5, 0.6) is 0 Å². The number of amides is 1. The van der Waals surface area contributed by atoms with E-state index in [1.54, 1.807) is 11.3 Å². The minimum absolute atomic E-state index is 0.0986. The van der Waals surface area contributed by atoms with E-state index in [-0.39, 0.29) is 12.1 Å². The van der Waals surface area contributed by atoms with E-state index in [1.807, 2.05) is 11.8 Å². The van der Waals surface area contributed by atoms with Gasteiger partial charge in [-0.05, 0) is 41.5 Å². The minimum atomic E-state index is 0.0986. The van der Waals surface area contributed by atoms with Crippen LogP contribution in [-0.2, 0) is 4.79 Å². The van der Waals surface area contributed by atoms with Crippen molar-refractivity contribution in [2.24, 2.45) is 0 Å². The standard InChI is InChI=1S/C13H18N2OS2/c1-17-11-4-2-3-10(11)15-12(16)7-14-13(15)9-5-6-18-8-9/h5-6,8,10-11,13-14H,2-4,7H2,1H3. The van der Waals surface area contributed by atoms with Gasteiger partial charge in [-0.25, -0.2) is 0 Å². The van der Waals surface area contributed by atoms with E-state index < -0.39 is 0 Å². The number of thiophene rings is 1. The van der Waals surface area contributed by atoms with Crippen LogP contribution in [0.25, 0.3) is 0 Å². The molecule has 2 fully saturated rings. The van der Waals surface area contributed by atoms with Crippen molar-refractivity contribution in [3.8, 4) is 0 Å². The molecule has 3 atom stereocenters. The van der Waals surface area contributed by atoms with Gasteiger partial charge < -0.3 is 4.90 Å². The number of thioether (sulfide) groups is 1. The van der Waals surface area contributed by atoms with Crippen LogP contribution in [0.2, 0.25) is 0 Å². The summed E-state index contributed by atoms with van der Waals surface area (Å²) in [5.74, 6) is 0.261. The van der Waals surface area contributed by atoms with Crippen molar-refractivity contribution in [1.82, 2.24) is 10.2 Å². The molecule has 1 aromatic rings. The van der Waals surface area contributed by atoms with Gasteiger partial charge in [0.25, 0.3) is 0 Å². The van der Waals surface area contributed by atoms with Crippen LogP contribution in [0.3, 0.4) is 0 Å². The summed E-state index contributed by atoms with van der Waals surface area (Å²) < 4.78 is 0. The van der Waals surface area contributed by atoms with Crippen molar-refractivity contribution < 1.29 is 4.79 Å². The fourth-order valence-electron chi connectivity index (χ4n) is 3.10. The number of nitrogens with one attached hydrogen (secondary N) is 1. The highest BCUT2D eigenvalue weighted by Gasteiger charge is 2.41. The molecule has 1 N–H and O–H groups in total. The number of hydrogen-bond donors (Lipinski definition) is 1. The summed E-state index contributed by atoms with van der Waals surface area (Å²) in [5.41, 5.74) is 1.23. The molecule has 18 heavy (non-hydrogen) atoms. The van der Waals surface area contributed by atoms with Gasteiger partial charge in [0.15, 0.2) is 0 Å². The Morgan fingerprint density at radius 2 is 2.39 bits per heavy atom. The lowest BCUT2D eigenvalue weighted by molar-refractivity contribution is -0.130. The third-order valence-corrected chi connectivity index (χ3v) is 5.81. The Labute approximate surface area is 116 Å². The Bertz CT molecular complexity index is 421. The van der Waals surface area contributed by atoms with Crippen LogP contribution in [-0.4, -0.2) is 34.9 Å². The zero-order chi connectivity index (χ0) is 12.5. The van der Waals surface area contributed by atoms with Crippen LogP contribution < -0.4 is 5.32 Å². The van der Waals surface area contributed by atoms with Crippen LogP contribution in [0.4, 0.5) is 0 Å². The second-order valence-electron chi connectivity index (χ2n) is 4.91. The lowest BCUT2D eigenvalue weighted by Crippen LogP contribution is -2.42. The molecule has 0 spiro atoms. The van der Waals surface area contributed by atoms with E-state index in [0.29, 0.717) is 17.8 Å². The van der Waals surface area contributed by atoms with Crippen molar-refractivity contribution in [2.75, 3.05) is 12.8 Å². The largest absolute Gasteiger partial charge is 0.318 e. The minimum Gasteiger partial charge on any atom is -0.318 e. The zero-order valence-corrected chi connectivity index (χ0v) is 12.1. The monoisotopic (exact) mass is 282 g/mol. The molecule has 0 aromatic carbocycles. The molecule has 1 aliphatic heterocycles. The Kier molecular flexibility index (Phi) is 3.63. The molecule has 0 radical (unpaired) electrons. The number of nitrogens with zero attached hydrogens (tertiary/aromatic N) is 1. The Balaban J connectivity index is 1.85. The molecule has 1 saturated carbocycles. The molecule has 1 aromatic heterocycles. The molecule has 1 amide bonds. The van der Waals surface area contributed by atoms with Crippen LogP contribution in [0.15, 0.2) is 16.8 Å². The highest BCUT2D eigenvalue weighted by Crippen LogP contribution is 2.37. The average molecular weight is 282 g/mol. The fraction of sp³-hybridized carbons (Fsp3) is 0.615. The third kappa shape index (κ3) is 2.08. The van der Waals surface area contributed by atoms with Gasteiger partial charge in [0.2, 0.25) is 5.91 Å². The predicted molar refractivity (Wildman–Crippen MR) is 76.9 cm³/mol. The first kappa shape index (κ1) is 12.5. The van der Waals surface area contributed by atoms with E-state index in [1.165, 1.54) is 18.4 Å². The van der Waals surface area contributed by atoms with Gasteiger partial charge in [-0.2, -0.15) is 23.1 Å². The van der Waals surface area contributed by atoms with E-state index in [9.17, 15) is 4.79 Å². The highest BCUT2D eigenvalue weighted by atomic mass is 32.2. The van der Waals surface area contributed by atoms with Gasteiger partial charge in [0.1, 0.15) is 6.17 Å². The van der Waals surface area contributed by atoms with Gasteiger partial charge in [-0.15, -0.1) is 0 Å². The van der Waals surface area contributed by atoms with Gasteiger partial charge in [-0.1, -0.05) is 6.42 Å². The maximum Gasteiger partial charge on any atom is 0.238 e.